The summed E-state index contributed by atoms with van der Waals surface area (Å²) in [5.41, 5.74) is 23.6. The van der Waals surface area contributed by atoms with Crippen molar-refractivity contribution < 1.29 is 23.9 Å². The molecule has 15 heteroatoms. The lowest BCUT2D eigenvalue weighted by Crippen LogP contribution is -2.54. The van der Waals surface area contributed by atoms with Crippen molar-refractivity contribution in [2.45, 2.75) is 56.8 Å². The van der Waals surface area contributed by atoms with Crippen molar-refractivity contribution in [3.05, 3.63) is 82.3 Å². The van der Waals surface area contributed by atoms with Gasteiger partial charge in [-0.25, -0.2) is 4.98 Å². The molecule has 0 saturated heterocycles. The van der Waals surface area contributed by atoms with Gasteiger partial charge in [-0.05, 0) is 61.9 Å². The number of carbonyl (C=O) groups excluding carboxylic acids is 4. The predicted molar refractivity (Wildman–Crippen MR) is 175 cm³/mol. The highest BCUT2D eigenvalue weighted by molar-refractivity contribution is 7.11. The van der Waals surface area contributed by atoms with E-state index in [0.29, 0.717) is 43.7 Å². The molecule has 14 nitrogen and oxygen atoms in total. The van der Waals surface area contributed by atoms with E-state index in [0.717, 1.165) is 16.9 Å². The van der Waals surface area contributed by atoms with Gasteiger partial charge in [0, 0.05) is 18.1 Å². The first kappa shape index (κ1) is 35.5. The van der Waals surface area contributed by atoms with Gasteiger partial charge in [-0.3, -0.25) is 24.2 Å². The normalized spacial score (nSPS) is 12.6. The Bertz CT molecular complexity index is 1430. The average molecular weight is 652 g/mol. The molecule has 1 heterocycles. The zero-order valence-electron chi connectivity index (χ0n) is 25.4. The number of carbonyl (C=O) groups is 4. The number of nitrogens with one attached hydrogen (secondary N) is 3. The molecule has 3 aromatic rings. The smallest absolute Gasteiger partial charge is 0.280 e. The van der Waals surface area contributed by atoms with Crippen molar-refractivity contribution in [2.75, 3.05) is 13.1 Å². The van der Waals surface area contributed by atoms with Crippen LogP contribution in [0.15, 0.2) is 71.2 Å². The Morgan fingerprint density at radius 3 is 2.15 bits per heavy atom. The molecule has 0 aliphatic carbocycles. The maximum Gasteiger partial charge on any atom is 0.280 e. The number of nitrogens with two attached hydrogens (primary N) is 4. The van der Waals surface area contributed by atoms with Gasteiger partial charge in [0.05, 0.1) is 0 Å². The van der Waals surface area contributed by atoms with Crippen LogP contribution < -0.4 is 43.6 Å². The van der Waals surface area contributed by atoms with Gasteiger partial charge in [-0.2, -0.15) is 0 Å². The Balaban J connectivity index is 1.71. The average Bonchev–Trinajstić information content (AvgIpc) is 3.59. The van der Waals surface area contributed by atoms with Crippen LogP contribution >= 0.6 is 11.3 Å². The number of nitrogens with zero attached hydrogens (tertiary/aromatic N) is 2. The van der Waals surface area contributed by atoms with E-state index in [4.69, 9.17) is 27.7 Å². The fourth-order valence-corrected chi connectivity index (χ4v) is 4.96. The van der Waals surface area contributed by atoms with E-state index < -0.39 is 41.8 Å². The van der Waals surface area contributed by atoms with Crippen molar-refractivity contribution in [3.63, 3.8) is 0 Å². The van der Waals surface area contributed by atoms with Crippen LogP contribution in [0.3, 0.4) is 0 Å². The molecule has 3 rings (SSSR count). The lowest BCUT2D eigenvalue weighted by atomic mass is 10.0. The summed E-state index contributed by atoms with van der Waals surface area (Å²) in [6.07, 6.45) is 3.38. The third kappa shape index (κ3) is 11.8. The summed E-state index contributed by atoms with van der Waals surface area (Å²) in [7, 11) is 0. The van der Waals surface area contributed by atoms with Gasteiger partial charge < -0.3 is 43.6 Å². The summed E-state index contributed by atoms with van der Waals surface area (Å²) in [6, 6.07) is 13.0. The molecule has 11 N–H and O–H groups in total. The Kier molecular flexibility index (Phi) is 14.4. The van der Waals surface area contributed by atoms with Gasteiger partial charge in [0.1, 0.15) is 30.5 Å². The van der Waals surface area contributed by atoms with Crippen molar-refractivity contribution in [3.8, 4) is 5.75 Å². The van der Waals surface area contributed by atoms with E-state index in [2.05, 4.69) is 25.9 Å². The van der Waals surface area contributed by atoms with E-state index in [-0.39, 0.29) is 30.4 Å². The molecule has 0 spiro atoms. The molecule has 246 valence electrons. The molecule has 0 unspecified atom stereocenters. The van der Waals surface area contributed by atoms with Crippen molar-refractivity contribution >= 4 is 40.9 Å². The van der Waals surface area contributed by atoms with Gasteiger partial charge >= 0.3 is 0 Å². The number of benzene rings is 2. The second-order valence-corrected chi connectivity index (χ2v) is 11.2. The minimum atomic E-state index is -1.18. The number of hydrogen-bond donors (Lipinski definition) is 7. The molecule has 2 aromatic carbocycles. The molecule has 46 heavy (non-hydrogen) atoms. The molecule has 4 amide bonds. The number of thiazole rings is 1. The molecule has 0 radical (unpaired) electrons. The standard InChI is InChI=1S/C31H41N9O5S/c32-15-5-4-9-23(38-27(42)24(10-6-16-37-31(34)35)39-29(44)30-36-17-18-46-30)28(43)40-25(26(33)41)21-11-13-22(14-12-21)45-19-20-7-2-1-3-8-20/h1-3,7-8,11-14,17-18,23-25H,4-6,9-10,15-16,19,32H2,(H2,33,41)(H,38,42)(H,39,44)(H,40,43)(H4,34,35,37)/t23-,24-,25+/m0/s1. The van der Waals surface area contributed by atoms with E-state index in [1.807, 2.05) is 30.3 Å². The van der Waals surface area contributed by atoms with Crippen LogP contribution in [0.2, 0.25) is 0 Å². The van der Waals surface area contributed by atoms with Gasteiger partial charge in [0.2, 0.25) is 17.7 Å². The highest BCUT2D eigenvalue weighted by Crippen LogP contribution is 2.20. The number of primary amides is 1. The molecule has 0 fully saturated rings. The first-order valence-corrected chi connectivity index (χ1v) is 15.7. The number of unbranched alkanes of at least 4 members (excludes halogenated alkanes) is 1. The zero-order valence-corrected chi connectivity index (χ0v) is 26.2. The van der Waals surface area contributed by atoms with Gasteiger partial charge in [-0.1, -0.05) is 42.5 Å². The van der Waals surface area contributed by atoms with Crippen molar-refractivity contribution in [1.82, 2.24) is 20.9 Å². The molecule has 3 atom stereocenters. The quantitative estimate of drug-likeness (QED) is 0.0551. The highest BCUT2D eigenvalue weighted by Gasteiger charge is 2.30. The fourth-order valence-electron chi connectivity index (χ4n) is 4.42. The third-order valence-corrected chi connectivity index (χ3v) is 7.58. The summed E-state index contributed by atoms with van der Waals surface area (Å²) >= 11 is 1.12. The number of rotatable bonds is 19. The Morgan fingerprint density at radius 2 is 1.52 bits per heavy atom. The Morgan fingerprint density at radius 1 is 0.848 bits per heavy atom. The molecule has 1 aromatic heterocycles. The SMILES string of the molecule is NCCCC[C@H](NC(=O)[C@H](CCCN=C(N)N)NC(=O)c1nccs1)C(=O)N[C@@H](C(N)=O)c1ccc(OCc2ccccc2)cc1. The zero-order chi connectivity index (χ0) is 33.3. The van der Waals surface area contributed by atoms with Crippen LogP contribution in [0.25, 0.3) is 0 Å². The third-order valence-electron chi connectivity index (χ3n) is 6.81. The fraction of sp³-hybridized carbons (Fsp3) is 0.355. The second kappa shape index (κ2) is 18.7. The van der Waals surface area contributed by atoms with E-state index in [1.54, 1.807) is 29.6 Å². The number of ether oxygens (including phenoxy) is 1. The van der Waals surface area contributed by atoms with Crippen LogP contribution in [0.1, 0.15) is 59.1 Å². The minimum Gasteiger partial charge on any atom is -0.489 e. The van der Waals surface area contributed by atoms with Crippen LogP contribution in [-0.4, -0.2) is 59.7 Å². The van der Waals surface area contributed by atoms with E-state index >= 15 is 0 Å². The Labute approximate surface area is 271 Å². The summed E-state index contributed by atoms with van der Waals surface area (Å²) in [5.74, 6) is -2.07. The molecule has 0 aliphatic rings. The number of guanidine groups is 1. The highest BCUT2D eigenvalue weighted by atomic mass is 32.1. The van der Waals surface area contributed by atoms with Crippen LogP contribution in [-0.2, 0) is 21.0 Å². The maximum atomic E-state index is 13.5. The van der Waals surface area contributed by atoms with Crippen LogP contribution in [0.5, 0.6) is 5.75 Å². The first-order valence-electron chi connectivity index (χ1n) is 14.8. The number of hydrogen-bond acceptors (Lipinski definition) is 9. The monoisotopic (exact) mass is 651 g/mol. The predicted octanol–water partition coefficient (Wildman–Crippen LogP) is 0.831. The lowest BCUT2D eigenvalue weighted by molar-refractivity contribution is -0.132. The first-order chi connectivity index (χ1) is 22.2. The molecule has 0 bridgehead atoms. The summed E-state index contributed by atoms with van der Waals surface area (Å²) in [6.45, 7) is 0.984. The molecular formula is C31H41N9O5S. The molecule has 0 saturated carbocycles. The van der Waals surface area contributed by atoms with E-state index in [1.165, 1.54) is 6.20 Å². The molecule has 0 aliphatic heterocycles. The lowest BCUT2D eigenvalue weighted by Gasteiger charge is -2.25. The van der Waals surface area contributed by atoms with Gasteiger partial charge in [-0.15, -0.1) is 11.3 Å². The Hall–Kier alpha value is -5.02. The topological polar surface area (TPSA) is 243 Å². The number of aliphatic imine (C=N–C) groups is 1. The number of aromatic nitrogens is 1. The van der Waals surface area contributed by atoms with Crippen LogP contribution in [0.4, 0.5) is 0 Å². The van der Waals surface area contributed by atoms with Gasteiger partial charge in [0.15, 0.2) is 11.0 Å². The summed E-state index contributed by atoms with van der Waals surface area (Å²) in [4.78, 5) is 60.1. The largest absolute Gasteiger partial charge is 0.489 e. The van der Waals surface area contributed by atoms with Gasteiger partial charge in [0.25, 0.3) is 5.91 Å². The van der Waals surface area contributed by atoms with E-state index in [9.17, 15) is 19.2 Å². The van der Waals surface area contributed by atoms with Crippen molar-refractivity contribution in [2.24, 2.45) is 27.9 Å². The molecular weight excluding hydrogens is 610 g/mol. The summed E-state index contributed by atoms with van der Waals surface area (Å²) < 4.78 is 5.81. The number of amides is 4. The minimum absolute atomic E-state index is 0.0946. The summed E-state index contributed by atoms with van der Waals surface area (Å²) in [5, 5.41) is 9.90. The second-order valence-electron chi connectivity index (χ2n) is 10.3. The maximum absolute atomic E-state index is 13.5. The van der Waals surface area contributed by atoms with Crippen molar-refractivity contribution in [1.29, 1.82) is 0 Å². The van der Waals surface area contributed by atoms with Crippen LogP contribution in [0, 0.1) is 0 Å².